The molecular weight excluding hydrogens is 284 g/mol. The van der Waals surface area contributed by atoms with Gasteiger partial charge in [0.05, 0.1) is 12.5 Å². The fourth-order valence-electron chi connectivity index (χ4n) is 2.87. The van der Waals surface area contributed by atoms with E-state index in [0.29, 0.717) is 24.8 Å². The van der Waals surface area contributed by atoms with Crippen LogP contribution in [0, 0.1) is 11.8 Å². The molecule has 0 spiro atoms. The summed E-state index contributed by atoms with van der Waals surface area (Å²) in [6.07, 6.45) is 5.41. The van der Waals surface area contributed by atoms with E-state index in [1.54, 1.807) is 0 Å². The Balaban J connectivity index is 1.54. The predicted molar refractivity (Wildman–Crippen MR) is 80.4 cm³/mol. The average Bonchev–Trinajstić information content (AvgIpc) is 3.33. The summed E-state index contributed by atoms with van der Waals surface area (Å²) < 4.78 is 5.23. The highest BCUT2D eigenvalue weighted by Gasteiger charge is 2.28. The van der Waals surface area contributed by atoms with Gasteiger partial charge in [-0.05, 0) is 38.1 Å². The molecule has 0 bridgehead atoms. The summed E-state index contributed by atoms with van der Waals surface area (Å²) in [6.45, 7) is 2.86. The Morgan fingerprint density at radius 1 is 1.41 bits per heavy atom. The number of rotatable bonds is 5. The smallest absolute Gasteiger partial charge is 0.226 e. The van der Waals surface area contributed by atoms with Gasteiger partial charge in [0, 0.05) is 19.2 Å². The Hall–Kier alpha value is -1.82. The van der Waals surface area contributed by atoms with Crippen molar-refractivity contribution in [3.05, 3.63) is 28.3 Å². The van der Waals surface area contributed by atoms with Crippen LogP contribution in [-0.2, 0) is 11.3 Å². The minimum atomic E-state index is -0.433. The molecule has 120 valence electrons. The minimum absolute atomic E-state index is 0.0105. The maximum absolute atomic E-state index is 12.2. The number of aromatic hydroxyl groups is 1. The van der Waals surface area contributed by atoms with Crippen LogP contribution in [0.2, 0.25) is 0 Å². The molecule has 1 saturated heterocycles. The van der Waals surface area contributed by atoms with E-state index in [-0.39, 0.29) is 17.6 Å². The number of carbonyl (C=O) groups is 1. The summed E-state index contributed by atoms with van der Waals surface area (Å²) in [5, 5.41) is 12.2. The molecule has 1 amide bonds. The second-order valence-corrected chi connectivity index (χ2v) is 6.36. The maximum Gasteiger partial charge on any atom is 0.226 e. The average molecular weight is 306 g/mol. The number of likely N-dealkylation sites (tertiary alicyclic amines) is 1. The Morgan fingerprint density at radius 2 is 2.23 bits per heavy atom. The van der Waals surface area contributed by atoms with E-state index in [1.807, 2.05) is 0 Å². The Labute approximate surface area is 129 Å². The van der Waals surface area contributed by atoms with Crippen LogP contribution in [0.25, 0.3) is 0 Å². The first-order valence-electron chi connectivity index (χ1n) is 7.92. The van der Waals surface area contributed by atoms with E-state index < -0.39 is 5.43 Å². The minimum Gasteiger partial charge on any atom is -0.502 e. The number of nitrogens with one attached hydrogen (secondary N) is 1. The first kappa shape index (κ1) is 15.1. The van der Waals surface area contributed by atoms with E-state index >= 15 is 0 Å². The lowest BCUT2D eigenvalue weighted by Crippen LogP contribution is -2.43. The zero-order valence-electron chi connectivity index (χ0n) is 12.6. The Bertz CT molecular complexity index is 594. The van der Waals surface area contributed by atoms with E-state index in [4.69, 9.17) is 4.42 Å². The highest BCUT2D eigenvalue weighted by atomic mass is 16.4. The van der Waals surface area contributed by atoms with Gasteiger partial charge in [0.2, 0.25) is 11.3 Å². The van der Waals surface area contributed by atoms with Crippen molar-refractivity contribution in [2.45, 2.75) is 32.2 Å². The van der Waals surface area contributed by atoms with Gasteiger partial charge in [-0.15, -0.1) is 0 Å². The predicted octanol–water partition coefficient (Wildman–Crippen LogP) is 1.08. The quantitative estimate of drug-likeness (QED) is 0.850. The van der Waals surface area contributed by atoms with Crippen molar-refractivity contribution in [3.8, 4) is 5.75 Å². The van der Waals surface area contributed by atoms with Crippen LogP contribution in [0.3, 0.4) is 0 Å². The fourth-order valence-corrected chi connectivity index (χ4v) is 2.87. The molecule has 22 heavy (non-hydrogen) atoms. The molecule has 1 aliphatic carbocycles. The molecule has 6 nitrogen and oxygen atoms in total. The van der Waals surface area contributed by atoms with Gasteiger partial charge < -0.3 is 14.8 Å². The van der Waals surface area contributed by atoms with Crippen molar-refractivity contribution in [2.75, 3.05) is 19.6 Å². The van der Waals surface area contributed by atoms with Crippen LogP contribution in [0.15, 0.2) is 21.5 Å². The molecular formula is C16H22N2O4. The molecule has 1 saturated carbocycles. The van der Waals surface area contributed by atoms with Crippen molar-refractivity contribution in [1.82, 2.24) is 10.2 Å². The van der Waals surface area contributed by atoms with Crippen molar-refractivity contribution in [1.29, 1.82) is 0 Å². The zero-order chi connectivity index (χ0) is 15.5. The molecule has 0 aromatic carbocycles. The molecule has 1 aromatic heterocycles. The molecule has 0 unspecified atom stereocenters. The molecule has 0 radical (unpaired) electrons. The molecule has 2 N–H and O–H groups in total. The highest BCUT2D eigenvalue weighted by Crippen LogP contribution is 2.28. The summed E-state index contributed by atoms with van der Waals surface area (Å²) >= 11 is 0. The summed E-state index contributed by atoms with van der Waals surface area (Å²) in [5.74, 6) is 0.983. The van der Waals surface area contributed by atoms with Crippen LogP contribution in [0.1, 0.15) is 31.4 Å². The summed E-state index contributed by atoms with van der Waals surface area (Å²) in [5.41, 5.74) is -0.433. The summed E-state index contributed by atoms with van der Waals surface area (Å²) in [4.78, 5) is 25.7. The monoisotopic (exact) mass is 306 g/mol. The standard InChI is InChI=1S/C16H22N2O4/c19-14-6-13(22-10-15(14)20)9-18-5-1-2-12(8-18)16(21)17-7-11-3-4-11/h6,10-12,20H,1-5,7-9H2,(H,17,21)/t12-/m1/s1. The molecule has 1 aromatic rings. The molecule has 6 heteroatoms. The van der Waals surface area contributed by atoms with Crippen LogP contribution in [-0.4, -0.2) is 35.5 Å². The number of carbonyl (C=O) groups excluding carboxylic acids is 1. The molecule has 3 rings (SSSR count). The van der Waals surface area contributed by atoms with Crippen molar-refractivity contribution in [3.63, 3.8) is 0 Å². The van der Waals surface area contributed by atoms with Gasteiger partial charge in [0.25, 0.3) is 0 Å². The number of amides is 1. The molecule has 2 heterocycles. The molecule has 1 atom stereocenters. The van der Waals surface area contributed by atoms with Crippen molar-refractivity contribution >= 4 is 5.91 Å². The third-order valence-electron chi connectivity index (χ3n) is 4.38. The summed E-state index contributed by atoms with van der Waals surface area (Å²) in [7, 11) is 0. The van der Waals surface area contributed by atoms with Gasteiger partial charge in [0.15, 0.2) is 5.75 Å². The van der Waals surface area contributed by atoms with Crippen LogP contribution in [0.5, 0.6) is 5.75 Å². The largest absolute Gasteiger partial charge is 0.502 e. The maximum atomic E-state index is 12.2. The van der Waals surface area contributed by atoms with Gasteiger partial charge in [0.1, 0.15) is 12.0 Å². The Morgan fingerprint density at radius 3 is 2.95 bits per heavy atom. The lowest BCUT2D eigenvalue weighted by Gasteiger charge is -2.31. The van der Waals surface area contributed by atoms with E-state index in [2.05, 4.69) is 10.2 Å². The Kier molecular flexibility index (Phi) is 4.47. The van der Waals surface area contributed by atoms with Gasteiger partial charge in [-0.2, -0.15) is 0 Å². The first-order chi connectivity index (χ1) is 10.6. The van der Waals surface area contributed by atoms with E-state index in [0.717, 1.165) is 32.2 Å². The van der Waals surface area contributed by atoms with Gasteiger partial charge in [-0.25, -0.2) is 0 Å². The molecule has 2 fully saturated rings. The second-order valence-electron chi connectivity index (χ2n) is 6.36. The third kappa shape index (κ3) is 3.88. The van der Waals surface area contributed by atoms with Crippen LogP contribution in [0.4, 0.5) is 0 Å². The summed E-state index contributed by atoms with van der Waals surface area (Å²) in [6, 6.07) is 1.31. The van der Waals surface area contributed by atoms with Crippen molar-refractivity contribution in [2.24, 2.45) is 11.8 Å². The first-order valence-corrected chi connectivity index (χ1v) is 7.92. The number of nitrogens with zero attached hydrogens (tertiary/aromatic N) is 1. The van der Waals surface area contributed by atoms with Crippen LogP contribution >= 0.6 is 0 Å². The normalized spacial score (nSPS) is 22.5. The fraction of sp³-hybridized carbons (Fsp3) is 0.625. The van der Waals surface area contributed by atoms with Gasteiger partial charge in [-0.1, -0.05) is 0 Å². The topological polar surface area (TPSA) is 82.8 Å². The molecule has 1 aliphatic heterocycles. The van der Waals surface area contributed by atoms with E-state index in [9.17, 15) is 14.7 Å². The van der Waals surface area contributed by atoms with Gasteiger partial charge in [-0.3, -0.25) is 14.5 Å². The van der Waals surface area contributed by atoms with Crippen molar-refractivity contribution < 1.29 is 14.3 Å². The third-order valence-corrected chi connectivity index (χ3v) is 4.38. The highest BCUT2D eigenvalue weighted by molar-refractivity contribution is 5.79. The lowest BCUT2D eigenvalue weighted by molar-refractivity contribution is -0.126. The van der Waals surface area contributed by atoms with Gasteiger partial charge >= 0.3 is 0 Å². The number of hydrogen-bond acceptors (Lipinski definition) is 5. The zero-order valence-corrected chi connectivity index (χ0v) is 12.6. The van der Waals surface area contributed by atoms with Crippen LogP contribution < -0.4 is 10.7 Å². The lowest BCUT2D eigenvalue weighted by atomic mass is 9.97. The second kappa shape index (κ2) is 6.52. The SMILES string of the molecule is O=C(NCC1CC1)[C@@H]1CCCN(Cc2cc(=O)c(O)co2)C1. The number of hydrogen-bond donors (Lipinski definition) is 2. The van der Waals surface area contributed by atoms with E-state index in [1.165, 1.54) is 18.9 Å². The molecule has 2 aliphatic rings. The number of piperidine rings is 1.